The molecule has 2 atom stereocenters. The Morgan fingerprint density at radius 3 is 2.48 bits per heavy atom. The standard InChI is InChI=1S/C15H28N4O2/c16-9-13(11-5-2-1-3-6-11)18-14(20)12-7-4-8-19(10-12)15(17)21/h11-13H,1-10,16H2,(H2,17,21)(H,18,20). The number of primary amides is 1. The first kappa shape index (κ1) is 16.1. The number of likely N-dealkylation sites (tertiary alicyclic amines) is 1. The lowest BCUT2D eigenvalue weighted by Crippen LogP contribution is -2.52. The normalized spacial score (nSPS) is 25.4. The molecule has 1 heterocycles. The van der Waals surface area contributed by atoms with Crippen molar-refractivity contribution in [3.63, 3.8) is 0 Å². The summed E-state index contributed by atoms with van der Waals surface area (Å²) >= 11 is 0. The molecule has 0 bridgehead atoms. The Morgan fingerprint density at radius 2 is 1.86 bits per heavy atom. The molecule has 0 aromatic rings. The minimum absolute atomic E-state index is 0.0296. The lowest BCUT2D eigenvalue weighted by atomic mass is 9.83. The molecule has 2 aliphatic rings. The van der Waals surface area contributed by atoms with Crippen LogP contribution in [-0.4, -0.2) is 42.5 Å². The van der Waals surface area contributed by atoms with E-state index in [4.69, 9.17) is 11.5 Å². The summed E-state index contributed by atoms with van der Waals surface area (Å²) in [4.78, 5) is 25.2. The molecule has 6 heteroatoms. The summed E-state index contributed by atoms with van der Waals surface area (Å²) in [5.74, 6) is 0.384. The molecule has 0 radical (unpaired) electrons. The fraction of sp³-hybridized carbons (Fsp3) is 0.867. The Labute approximate surface area is 126 Å². The molecule has 2 fully saturated rings. The third kappa shape index (κ3) is 4.33. The molecule has 1 aliphatic heterocycles. The summed E-state index contributed by atoms with van der Waals surface area (Å²) < 4.78 is 0. The van der Waals surface area contributed by atoms with Crippen molar-refractivity contribution in [1.82, 2.24) is 10.2 Å². The van der Waals surface area contributed by atoms with Crippen molar-refractivity contribution in [1.29, 1.82) is 0 Å². The fourth-order valence-electron chi connectivity index (χ4n) is 3.60. The van der Waals surface area contributed by atoms with Gasteiger partial charge in [0.15, 0.2) is 0 Å². The van der Waals surface area contributed by atoms with Crippen molar-refractivity contribution in [2.45, 2.75) is 51.0 Å². The topological polar surface area (TPSA) is 101 Å². The highest BCUT2D eigenvalue weighted by Crippen LogP contribution is 2.26. The van der Waals surface area contributed by atoms with Gasteiger partial charge in [0.05, 0.1) is 5.92 Å². The van der Waals surface area contributed by atoms with Crippen molar-refractivity contribution >= 4 is 11.9 Å². The number of carbonyl (C=O) groups is 2. The van der Waals surface area contributed by atoms with Crippen LogP contribution in [-0.2, 0) is 4.79 Å². The average Bonchev–Trinajstić information content (AvgIpc) is 2.53. The summed E-state index contributed by atoms with van der Waals surface area (Å²) in [7, 11) is 0. The lowest BCUT2D eigenvalue weighted by Gasteiger charge is -2.34. The second-order valence-electron chi connectivity index (χ2n) is 6.37. The molecule has 1 aliphatic carbocycles. The van der Waals surface area contributed by atoms with Crippen LogP contribution in [0.25, 0.3) is 0 Å². The van der Waals surface area contributed by atoms with Gasteiger partial charge in [0.1, 0.15) is 0 Å². The van der Waals surface area contributed by atoms with Gasteiger partial charge >= 0.3 is 6.03 Å². The van der Waals surface area contributed by atoms with Crippen molar-refractivity contribution in [2.24, 2.45) is 23.3 Å². The SMILES string of the molecule is NCC(NC(=O)C1CCCN(C(N)=O)C1)C1CCCCC1. The third-order valence-corrected chi connectivity index (χ3v) is 4.90. The molecule has 2 unspecified atom stereocenters. The maximum absolute atomic E-state index is 12.4. The highest BCUT2D eigenvalue weighted by Gasteiger charge is 2.30. The number of amides is 3. The van der Waals surface area contributed by atoms with Gasteiger partial charge in [-0.15, -0.1) is 0 Å². The Kier molecular flexibility index (Phi) is 5.85. The first-order valence-electron chi connectivity index (χ1n) is 8.16. The molecule has 6 nitrogen and oxygen atoms in total. The maximum Gasteiger partial charge on any atom is 0.314 e. The minimum Gasteiger partial charge on any atom is -0.352 e. The van der Waals surface area contributed by atoms with Crippen LogP contribution in [0.5, 0.6) is 0 Å². The van der Waals surface area contributed by atoms with Crippen molar-refractivity contribution < 1.29 is 9.59 Å². The van der Waals surface area contributed by atoms with Crippen LogP contribution in [0.3, 0.4) is 0 Å². The average molecular weight is 296 g/mol. The molecule has 3 amide bonds. The smallest absolute Gasteiger partial charge is 0.314 e. The van der Waals surface area contributed by atoms with Gasteiger partial charge in [-0.1, -0.05) is 19.3 Å². The third-order valence-electron chi connectivity index (χ3n) is 4.90. The molecule has 120 valence electrons. The zero-order valence-corrected chi connectivity index (χ0v) is 12.7. The largest absolute Gasteiger partial charge is 0.352 e. The van der Waals surface area contributed by atoms with Crippen LogP contribution in [0.15, 0.2) is 0 Å². The number of nitrogens with zero attached hydrogens (tertiary/aromatic N) is 1. The molecule has 5 N–H and O–H groups in total. The summed E-state index contributed by atoms with van der Waals surface area (Å²) in [6.45, 7) is 1.58. The van der Waals surface area contributed by atoms with E-state index in [1.165, 1.54) is 19.3 Å². The molecule has 0 spiro atoms. The van der Waals surface area contributed by atoms with E-state index in [2.05, 4.69) is 5.32 Å². The maximum atomic E-state index is 12.4. The summed E-state index contributed by atoms with van der Waals surface area (Å²) in [5, 5.41) is 3.12. The van der Waals surface area contributed by atoms with Crippen LogP contribution in [0.1, 0.15) is 44.9 Å². The van der Waals surface area contributed by atoms with Crippen LogP contribution in [0, 0.1) is 11.8 Å². The van der Waals surface area contributed by atoms with Gasteiger partial charge in [0.25, 0.3) is 0 Å². The second kappa shape index (κ2) is 7.64. The van der Waals surface area contributed by atoms with E-state index in [1.807, 2.05) is 0 Å². The van der Waals surface area contributed by atoms with Gasteiger partial charge in [-0.3, -0.25) is 4.79 Å². The van der Waals surface area contributed by atoms with Crippen LogP contribution >= 0.6 is 0 Å². The Balaban J connectivity index is 1.87. The van der Waals surface area contributed by atoms with E-state index in [0.29, 0.717) is 25.6 Å². The zero-order chi connectivity index (χ0) is 15.2. The number of nitrogens with one attached hydrogen (secondary N) is 1. The zero-order valence-electron chi connectivity index (χ0n) is 12.7. The number of urea groups is 1. The lowest BCUT2D eigenvalue weighted by molar-refractivity contribution is -0.127. The number of piperidine rings is 1. The van der Waals surface area contributed by atoms with Gasteiger partial charge in [-0.25, -0.2) is 4.79 Å². The molecule has 1 saturated carbocycles. The van der Waals surface area contributed by atoms with Crippen molar-refractivity contribution in [2.75, 3.05) is 19.6 Å². The number of rotatable bonds is 4. The Morgan fingerprint density at radius 1 is 1.14 bits per heavy atom. The van der Waals surface area contributed by atoms with Crippen LogP contribution in [0.2, 0.25) is 0 Å². The summed E-state index contributed by atoms with van der Waals surface area (Å²) in [6.07, 6.45) is 7.71. The molecular formula is C15H28N4O2. The highest BCUT2D eigenvalue weighted by molar-refractivity contribution is 5.80. The van der Waals surface area contributed by atoms with Crippen LogP contribution < -0.4 is 16.8 Å². The Bertz CT molecular complexity index is 369. The predicted molar refractivity (Wildman–Crippen MR) is 81.4 cm³/mol. The number of hydrogen-bond acceptors (Lipinski definition) is 3. The van der Waals surface area contributed by atoms with Crippen molar-refractivity contribution in [3.05, 3.63) is 0 Å². The first-order valence-corrected chi connectivity index (χ1v) is 8.16. The van der Waals surface area contributed by atoms with E-state index >= 15 is 0 Å². The summed E-state index contributed by atoms with van der Waals surface area (Å²) in [5.41, 5.74) is 11.2. The van der Waals surface area contributed by atoms with E-state index in [1.54, 1.807) is 4.90 Å². The molecule has 2 rings (SSSR count). The summed E-state index contributed by atoms with van der Waals surface area (Å²) in [6, 6.07) is -0.364. The van der Waals surface area contributed by atoms with Crippen molar-refractivity contribution in [3.8, 4) is 0 Å². The highest BCUT2D eigenvalue weighted by atomic mass is 16.2. The fourth-order valence-corrected chi connectivity index (χ4v) is 3.60. The van der Waals surface area contributed by atoms with Crippen LogP contribution in [0.4, 0.5) is 4.79 Å². The molecule has 21 heavy (non-hydrogen) atoms. The van der Waals surface area contributed by atoms with Gasteiger partial charge in [0, 0.05) is 25.7 Å². The molecule has 0 aromatic heterocycles. The van der Waals surface area contributed by atoms with Gasteiger partial charge in [0.2, 0.25) is 5.91 Å². The molecule has 1 saturated heterocycles. The monoisotopic (exact) mass is 296 g/mol. The minimum atomic E-state index is -0.435. The van der Waals surface area contributed by atoms with E-state index in [0.717, 1.165) is 25.7 Å². The first-order chi connectivity index (χ1) is 10.1. The quantitative estimate of drug-likeness (QED) is 0.715. The predicted octanol–water partition coefficient (Wildman–Crippen LogP) is 0.801. The second-order valence-corrected chi connectivity index (χ2v) is 6.37. The Hall–Kier alpha value is -1.30. The molecule has 0 aromatic carbocycles. The van der Waals surface area contributed by atoms with Gasteiger partial charge < -0.3 is 21.7 Å². The number of nitrogens with two attached hydrogens (primary N) is 2. The number of hydrogen-bond donors (Lipinski definition) is 3. The molecular weight excluding hydrogens is 268 g/mol. The van der Waals surface area contributed by atoms with Gasteiger partial charge in [-0.2, -0.15) is 0 Å². The number of carbonyl (C=O) groups excluding carboxylic acids is 2. The van der Waals surface area contributed by atoms with Gasteiger partial charge in [-0.05, 0) is 31.6 Å². The van der Waals surface area contributed by atoms with E-state index in [-0.39, 0.29) is 17.9 Å². The van der Waals surface area contributed by atoms with E-state index < -0.39 is 6.03 Å². The van der Waals surface area contributed by atoms with E-state index in [9.17, 15) is 9.59 Å².